The Labute approximate surface area is 178 Å². The van der Waals surface area contributed by atoms with E-state index in [0.29, 0.717) is 26.2 Å². The van der Waals surface area contributed by atoms with E-state index in [2.05, 4.69) is 5.32 Å². The van der Waals surface area contributed by atoms with Crippen LogP contribution in [0.4, 0.5) is 4.79 Å². The molecule has 2 fully saturated rings. The van der Waals surface area contributed by atoms with Gasteiger partial charge in [0.15, 0.2) is 0 Å². The SMILES string of the molecule is CC[C@H](C)[C@H](NC(=O)OCc1ccccc1)C(=O)N1CCN(C(=O)C2CCC2)CC1. The lowest BCUT2D eigenvalue weighted by Gasteiger charge is -2.39. The molecule has 1 aliphatic carbocycles. The van der Waals surface area contributed by atoms with Crippen molar-refractivity contribution < 1.29 is 19.1 Å². The van der Waals surface area contributed by atoms with Crippen LogP contribution in [-0.2, 0) is 20.9 Å². The zero-order valence-corrected chi connectivity index (χ0v) is 18.0. The Bertz CT molecular complexity index is 727. The number of amides is 3. The molecule has 1 N–H and O–H groups in total. The van der Waals surface area contributed by atoms with Crippen LogP contribution in [0.5, 0.6) is 0 Å². The molecule has 30 heavy (non-hydrogen) atoms. The van der Waals surface area contributed by atoms with Gasteiger partial charge in [-0.1, -0.05) is 57.0 Å². The molecule has 0 radical (unpaired) electrons. The summed E-state index contributed by atoms with van der Waals surface area (Å²) >= 11 is 0. The fourth-order valence-electron chi connectivity index (χ4n) is 3.83. The Balaban J connectivity index is 1.52. The maximum Gasteiger partial charge on any atom is 0.408 e. The first-order chi connectivity index (χ1) is 14.5. The molecule has 3 amide bonds. The number of carbonyl (C=O) groups is 3. The molecule has 1 aromatic rings. The van der Waals surface area contributed by atoms with Gasteiger partial charge in [0.2, 0.25) is 11.8 Å². The molecular formula is C23H33N3O4. The van der Waals surface area contributed by atoms with Crippen molar-refractivity contribution in [2.45, 2.75) is 52.2 Å². The minimum absolute atomic E-state index is 0.0172. The maximum atomic E-state index is 13.1. The summed E-state index contributed by atoms with van der Waals surface area (Å²) in [6.07, 6.45) is 3.29. The van der Waals surface area contributed by atoms with Crippen molar-refractivity contribution in [2.24, 2.45) is 11.8 Å². The molecular weight excluding hydrogens is 382 g/mol. The number of nitrogens with one attached hydrogen (secondary N) is 1. The summed E-state index contributed by atoms with van der Waals surface area (Å²) in [6.45, 7) is 6.25. The van der Waals surface area contributed by atoms with Gasteiger partial charge in [0.05, 0.1) is 0 Å². The summed E-state index contributed by atoms with van der Waals surface area (Å²) in [4.78, 5) is 41.5. The third-order valence-corrected chi connectivity index (χ3v) is 6.32. The number of alkyl carbamates (subject to hydrolysis) is 1. The molecule has 2 atom stereocenters. The summed E-state index contributed by atoms with van der Waals surface area (Å²) in [5.74, 6) is 0.295. The van der Waals surface area contributed by atoms with Crippen molar-refractivity contribution in [1.29, 1.82) is 0 Å². The quantitative estimate of drug-likeness (QED) is 0.743. The number of piperazine rings is 1. The van der Waals surface area contributed by atoms with Gasteiger partial charge in [-0.2, -0.15) is 0 Å². The van der Waals surface area contributed by atoms with E-state index in [-0.39, 0.29) is 30.3 Å². The number of benzene rings is 1. The van der Waals surface area contributed by atoms with Gasteiger partial charge in [-0.15, -0.1) is 0 Å². The van der Waals surface area contributed by atoms with Crippen LogP contribution >= 0.6 is 0 Å². The summed E-state index contributed by atoms with van der Waals surface area (Å²) in [5, 5.41) is 2.77. The fourth-order valence-corrected chi connectivity index (χ4v) is 3.83. The van der Waals surface area contributed by atoms with Crippen LogP contribution in [0, 0.1) is 11.8 Å². The van der Waals surface area contributed by atoms with Crippen molar-refractivity contribution >= 4 is 17.9 Å². The Hall–Kier alpha value is -2.57. The number of nitrogens with zero attached hydrogens (tertiary/aromatic N) is 2. The molecule has 2 aliphatic rings. The maximum absolute atomic E-state index is 13.1. The average Bonchev–Trinajstić information content (AvgIpc) is 2.74. The highest BCUT2D eigenvalue weighted by Crippen LogP contribution is 2.28. The lowest BCUT2D eigenvalue weighted by molar-refractivity contribution is -0.145. The van der Waals surface area contributed by atoms with Crippen LogP contribution in [0.2, 0.25) is 0 Å². The van der Waals surface area contributed by atoms with E-state index in [1.165, 1.54) is 0 Å². The molecule has 1 aliphatic heterocycles. The van der Waals surface area contributed by atoms with Crippen LogP contribution in [0.3, 0.4) is 0 Å². The number of hydrogen-bond acceptors (Lipinski definition) is 4. The molecule has 3 rings (SSSR count). The molecule has 1 saturated carbocycles. The zero-order chi connectivity index (χ0) is 21.5. The van der Waals surface area contributed by atoms with Crippen LogP contribution < -0.4 is 5.32 Å². The summed E-state index contributed by atoms with van der Waals surface area (Å²) in [7, 11) is 0. The van der Waals surface area contributed by atoms with E-state index in [1.807, 2.05) is 49.1 Å². The third kappa shape index (κ3) is 5.52. The molecule has 164 valence electrons. The normalized spacial score (nSPS) is 18.9. The van der Waals surface area contributed by atoms with Crippen molar-refractivity contribution in [1.82, 2.24) is 15.1 Å². The average molecular weight is 416 g/mol. The first kappa shape index (κ1) is 22.1. The smallest absolute Gasteiger partial charge is 0.408 e. The van der Waals surface area contributed by atoms with E-state index in [4.69, 9.17) is 4.74 Å². The molecule has 0 unspecified atom stereocenters. The molecule has 1 aromatic carbocycles. The number of carbonyl (C=O) groups excluding carboxylic acids is 3. The number of hydrogen-bond donors (Lipinski definition) is 1. The van der Waals surface area contributed by atoms with Crippen molar-refractivity contribution in [3.63, 3.8) is 0 Å². The first-order valence-corrected chi connectivity index (χ1v) is 11.0. The minimum atomic E-state index is -0.632. The standard InChI is InChI=1S/C23H33N3O4/c1-3-17(2)20(24-23(29)30-16-18-8-5-4-6-9-18)22(28)26-14-12-25(13-15-26)21(27)19-10-7-11-19/h4-6,8-9,17,19-20H,3,7,10-16H2,1-2H3,(H,24,29)/t17-,20-/m0/s1. The monoisotopic (exact) mass is 415 g/mol. The second-order valence-electron chi connectivity index (χ2n) is 8.35. The van der Waals surface area contributed by atoms with Crippen LogP contribution in [-0.4, -0.2) is 59.9 Å². The van der Waals surface area contributed by atoms with Gasteiger partial charge >= 0.3 is 6.09 Å². The molecule has 7 heteroatoms. The molecule has 0 aromatic heterocycles. The molecule has 0 spiro atoms. The number of ether oxygens (including phenoxy) is 1. The first-order valence-electron chi connectivity index (χ1n) is 11.0. The van der Waals surface area contributed by atoms with Crippen LogP contribution in [0.1, 0.15) is 45.1 Å². The van der Waals surface area contributed by atoms with E-state index >= 15 is 0 Å². The zero-order valence-electron chi connectivity index (χ0n) is 18.0. The predicted octanol–water partition coefficient (Wildman–Crippen LogP) is 2.80. The van der Waals surface area contributed by atoms with E-state index in [1.54, 1.807) is 4.90 Å². The predicted molar refractivity (Wildman–Crippen MR) is 114 cm³/mol. The highest BCUT2D eigenvalue weighted by molar-refractivity contribution is 5.86. The molecule has 1 heterocycles. The van der Waals surface area contributed by atoms with Crippen molar-refractivity contribution in [3.05, 3.63) is 35.9 Å². The second kappa shape index (κ2) is 10.5. The Morgan fingerprint density at radius 2 is 1.70 bits per heavy atom. The Kier molecular flexibility index (Phi) is 7.71. The lowest BCUT2D eigenvalue weighted by atomic mass is 9.84. The van der Waals surface area contributed by atoms with Gasteiger partial charge in [-0.05, 0) is 24.3 Å². The van der Waals surface area contributed by atoms with Crippen molar-refractivity contribution in [2.75, 3.05) is 26.2 Å². The fraction of sp³-hybridized carbons (Fsp3) is 0.609. The highest BCUT2D eigenvalue weighted by atomic mass is 16.5. The second-order valence-corrected chi connectivity index (χ2v) is 8.35. The highest BCUT2D eigenvalue weighted by Gasteiger charge is 2.35. The van der Waals surface area contributed by atoms with Gasteiger partial charge in [0.25, 0.3) is 0 Å². The van der Waals surface area contributed by atoms with E-state index < -0.39 is 12.1 Å². The van der Waals surface area contributed by atoms with Gasteiger partial charge in [-0.25, -0.2) is 4.79 Å². The van der Waals surface area contributed by atoms with Gasteiger partial charge in [0, 0.05) is 32.1 Å². The number of rotatable bonds is 7. The van der Waals surface area contributed by atoms with Crippen molar-refractivity contribution in [3.8, 4) is 0 Å². The molecule has 0 bridgehead atoms. The summed E-state index contributed by atoms with van der Waals surface area (Å²) in [5.41, 5.74) is 0.895. The third-order valence-electron chi connectivity index (χ3n) is 6.32. The molecule has 7 nitrogen and oxygen atoms in total. The summed E-state index contributed by atoms with van der Waals surface area (Å²) < 4.78 is 5.31. The summed E-state index contributed by atoms with van der Waals surface area (Å²) in [6, 6.07) is 8.81. The van der Waals surface area contributed by atoms with E-state index in [0.717, 1.165) is 31.2 Å². The Morgan fingerprint density at radius 1 is 1.07 bits per heavy atom. The minimum Gasteiger partial charge on any atom is -0.445 e. The topological polar surface area (TPSA) is 79.0 Å². The van der Waals surface area contributed by atoms with Crippen LogP contribution in [0.15, 0.2) is 30.3 Å². The van der Waals surface area contributed by atoms with E-state index in [9.17, 15) is 14.4 Å². The van der Waals surface area contributed by atoms with Gasteiger partial charge in [0.1, 0.15) is 12.6 Å². The lowest BCUT2D eigenvalue weighted by Crippen LogP contribution is -2.58. The van der Waals surface area contributed by atoms with Gasteiger partial charge < -0.3 is 19.9 Å². The Morgan fingerprint density at radius 3 is 2.27 bits per heavy atom. The largest absolute Gasteiger partial charge is 0.445 e. The van der Waals surface area contributed by atoms with Crippen LogP contribution in [0.25, 0.3) is 0 Å². The van der Waals surface area contributed by atoms with Gasteiger partial charge in [-0.3, -0.25) is 9.59 Å². The molecule has 1 saturated heterocycles.